The van der Waals surface area contributed by atoms with Gasteiger partial charge in [-0.25, -0.2) is 9.18 Å². The summed E-state index contributed by atoms with van der Waals surface area (Å²) >= 11 is 0. The molecule has 0 unspecified atom stereocenters. The lowest BCUT2D eigenvalue weighted by Crippen LogP contribution is -2.37. The van der Waals surface area contributed by atoms with E-state index in [4.69, 9.17) is 5.11 Å². The van der Waals surface area contributed by atoms with Gasteiger partial charge in [0, 0.05) is 25.7 Å². The number of unbranched alkanes of at least 4 members (excludes halogenated alkanes) is 2. The molecule has 1 rings (SSSR count). The van der Waals surface area contributed by atoms with E-state index in [0.717, 1.165) is 12.8 Å². The number of hydrogen-bond acceptors (Lipinski definition) is 2. The minimum Gasteiger partial charge on any atom is -0.481 e. The van der Waals surface area contributed by atoms with Crippen molar-refractivity contribution in [2.45, 2.75) is 25.7 Å². The minimum atomic E-state index is -0.801. The second-order valence-electron chi connectivity index (χ2n) is 4.47. The van der Waals surface area contributed by atoms with Crippen LogP contribution in [0.25, 0.3) is 0 Å². The molecule has 0 bridgehead atoms. The van der Waals surface area contributed by atoms with Gasteiger partial charge in [0.15, 0.2) is 0 Å². The van der Waals surface area contributed by atoms with Crippen molar-refractivity contribution in [2.75, 3.05) is 18.5 Å². The quantitative estimate of drug-likeness (QED) is 0.755. The number of nitrogens with one attached hydrogen (secondary N) is 1. The highest BCUT2D eigenvalue weighted by molar-refractivity contribution is 5.91. The molecule has 0 spiro atoms. The number of hydrogen-bond donors (Lipinski definition) is 2. The fourth-order valence-electron chi connectivity index (χ4n) is 1.67. The average molecular weight is 282 g/mol. The summed E-state index contributed by atoms with van der Waals surface area (Å²) in [6, 6.07) is 5.38. The van der Waals surface area contributed by atoms with E-state index >= 15 is 0 Å². The number of benzene rings is 1. The summed E-state index contributed by atoms with van der Waals surface area (Å²) in [5.74, 6) is -1.15. The van der Waals surface area contributed by atoms with Gasteiger partial charge in [0.25, 0.3) is 0 Å². The van der Waals surface area contributed by atoms with Gasteiger partial charge in [-0.05, 0) is 37.1 Å². The summed E-state index contributed by atoms with van der Waals surface area (Å²) in [4.78, 5) is 23.5. The summed E-state index contributed by atoms with van der Waals surface area (Å²) < 4.78 is 12.8. The molecule has 0 radical (unpaired) electrons. The van der Waals surface area contributed by atoms with Crippen molar-refractivity contribution in [1.29, 1.82) is 0 Å². The van der Waals surface area contributed by atoms with Crippen molar-refractivity contribution >= 4 is 17.7 Å². The van der Waals surface area contributed by atoms with E-state index in [0.29, 0.717) is 18.7 Å². The van der Waals surface area contributed by atoms with E-state index in [1.165, 1.54) is 29.2 Å². The number of amides is 2. The Hall–Kier alpha value is -2.11. The number of carboxylic acid groups (broad SMARTS) is 1. The number of rotatable bonds is 7. The minimum absolute atomic E-state index is 0.156. The third-order valence-electron chi connectivity index (χ3n) is 2.86. The summed E-state index contributed by atoms with van der Waals surface area (Å²) in [5.41, 5.74) is 0.606. The number of anilines is 1. The van der Waals surface area contributed by atoms with Crippen molar-refractivity contribution in [1.82, 2.24) is 5.32 Å². The number of carbonyl (C=O) groups excluding carboxylic acids is 1. The second kappa shape index (κ2) is 8.14. The van der Waals surface area contributed by atoms with Crippen LogP contribution in [-0.2, 0) is 4.79 Å². The number of carboxylic acids is 1. The van der Waals surface area contributed by atoms with E-state index < -0.39 is 5.97 Å². The first kappa shape index (κ1) is 15.9. The Morgan fingerprint density at radius 2 is 1.85 bits per heavy atom. The fraction of sp³-hybridized carbons (Fsp3) is 0.429. The van der Waals surface area contributed by atoms with Gasteiger partial charge >= 0.3 is 12.0 Å². The molecule has 0 saturated carbocycles. The van der Waals surface area contributed by atoms with E-state index in [1.807, 2.05) is 0 Å². The van der Waals surface area contributed by atoms with Gasteiger partial charge in [-0.3, -0.25) is 9.69 Å². The number of halogens is 1. The van der Waals surface area contributed by atoms with Crippen LogP contribution in [0.15, 0.2) is 24.3 Å². The molecular weight excluding hydrogens is 263 g/mol. The van der Waals surface area contributed by atoms with E-state index in [-0.39, 0.29) is 18.3 Å². The SMILES string of the molecule is CN(C(=O)NCCCCCC(=O)O)c1ccc(F)cc1. The highest BCUT2D eigenvalue weighted by atomic mass is 19.1. The van der Waals surface area contributed by atoms with Gasteiger partial charge in [-0.2, -0.15) is 0 Å². The standard InChI is InChI=1S/C14H19FN2O3/c1-17(12-8-6-11(15)7-9-12)14(20)16-10-4-2-3-5-13(18)19/h6-9H,2-5,10H2,1H3,(H,16,20)(H,18,19). The highest BCUT2D eigenvalue weighted by Crippen LogP contribution is 2.12. The zero-order valence-corrected chi connectivity index (χ0v) is 11.4. The Morgan fingerprint density at radius 1 is 1.20 bits per heavy atom. The van der Waals surface area contributed by atoms with Gasteiger partial charge in [-0.1, -0.05) is 6.42 Å². The van der Waals surface area contributed by atoms with Crippen LogP contribution in [0, 0.1) is 5.82 Å². The van der Waals surface area contributed by atoms with Crippen LogP contribution in [0.3, 0.4) is 0 Å². The van der Waals surface area contributed by atoms with Crippen molar-refractivity contribution in [3.8, 4) is 0 Å². The Bertz CT molecular complexity index is 448. The van der Waals surface area contributed by atoms with E-state index in [1.54, 1.807) is 7.05 Å². The van der Waals surface area contributed by atoms with Gasteiger partial charge in [-0.15, -0.1) is 0 Å². The topological polar surface area (TPSA) is 69.6 Å². The van der Waals surface area contributed by atoms with Crippen molar-refractivity contribution in [3.63, 3.8) is 0 Å². The molecule has 5 nitrogen and oxygen atoms in total. The smallest absolute Gasteiger partial charge is 0.321 e. The Balaban J connectivity index is 2.25. The molecular formula is C14H19FN2O3. The average Bonchev–Trinajstić information content (AvgIpc) is 2.42. The predicted octanol–water partition coefficient (Wildman–Crippen LogP) is 2.62. The molecule has 0 aliphatic heterocycles. The van der Waals surface area contributed by atoms with Crippen molar-refractivity contribution in [3.05, 3.63) is 30.1 Å². The zero-order valence-electron chi connectivity index (χ0n) is 11.4. The number of aliphatic carboxylic acids is 1. The van der Waals surface area contributed by atoms with Gasteiger partial charge in [0.2, 0.25) is 0 Å². The van der Waals surface area contributed by atoms with Gasteiger partial charge in [0.05, 0.1) is 0 Å². The molecule has 0 saturated heterocycles. The first-order valence-corrected chi connectivity index (χ1v) is 6.49. The molecule has 110 valence electrons. The molecule has 0 atom stereocenters. The summed E-state index contributed by atoms with van der Waals surface area (Å²) in [6.45, 7) is 0.490. The molecule has 20 heavy (non-hydrogen) atoms. The Kier molecular flexibility index (Phi) is 6.49. The maximum Gasteiger partial charge on any atom is 0.321 e. The number of urea groups is 1. The van der Waals surface area contributed by atoms with Crippen molar-refractivity contribution in [2.24, 2.45) is 0 Å². The molecule has 6 heteroatoms. The largest absolute Gasteiger partial charge is 0.481 e. The molecule has 2 N–H and O–H groups in total. The van der Waals surface area contributed by atoms with Crippen LogP contribution in [0.4, 0.5) is 14.9 Å². The molecule has 0 aliphatic rings. The summed E-state index contributed by atoms with van der Waals surface area (Å²) in [6.07, 6.45) is 2.26. The predicted molar refractivity (Wildman–Crippen MR) is 74.3 cm³/mol. The maximum atomic E-state index is 12.8. The van der Waals surface area contributed by atoms with Crippen LogP contribution in [0.2, 0.25) is 0 Å². The normalized spacial score (nSPS) is 10.1. The lowest BCUT2D eigenvalue weighted by molar-refractivity contribution is -0.137. The van der Waals surface area contributed by atoms with Crippen LogP contribution in [0.5, 0.6) is 0 Å². The van der Waals surface area contributed by atoms with Crippen LogP contribution < -0.4 is 10.2 Å². The zero-order chi connectivity index (χ0) is 15.0. The van der Waals surface area contributed by atoms with Gasteiger partial charge in [0.1, 0.15) is 5.82 Å². The molecule has 1 aromatic carbocycles. The van der Waals surface area contributed by atoms with E-state index in [2.05, 4.69) is 5.32 Å². The number of nitrogens with zero attached hydrogens (tertiary/aromatic N) is 1. The molecule has 0 aliphatic carbocycles. The molecule has 0 fully saturated rings. The van der Waals surface area contributed by atoms with Crippen LogP contribution in [-0.4, -0.2) is 30.7 Å². The first-order chi connectivity index (χ1) is 9.50. The molecule has 1 aromatic rings. The highest BCUT2D eigenvalue weighted by Gasteiger charge is 2.09. The van der Waals surface area contributed by atoms with E-state index in [9.17, 15) is 14.0 Å². The monoisotopic (exact) mass is 282 g/mol. The molecule has 2 amide bonds. The molecule has 0 heterocycles. The van der Waals surface area contributed by atoms with Crippen molar-refractivity contribution < 1.29 is 19.1 Å². The number of carbonyl (C=O) groups is 2. The Morgan fingerprint density at radius 3 is 2.45 bits per heavy atom. The van der Waals surface area contributed by atoms with Gasteiger partial charge < -0.3 is 10.4 Å². The van der Waals surface area contributed by atoms with Crippen LogP contribution in [0.1, 0.15) is 25.7 Å². The van der Waals surface area contributed by atoms with Crippen LogP contribution >= 0.6 is 0 Å². The Labute approximate surface area is 117 Å². The lowest BCUT2D eigenvalue weighted by Gasteiger charge is -2.18. The third-order valence-corrected chi connectivity index (χ3v) is 2.86. The summed E-state index contributed by atoms with van der Waals surface area (Å²) in [7, 11) is 1.60. The second-order valence-corrected chi connectivity index (χ2v) is 4.47. The third kappa shape index (κ3) is 5.69. The lowest BCUT2D eigenvalue weighted by atomic mass is 10.2. The molecule has 0 aromatic heterocycles. The first-order valence-electron chi connectivity index (χ1n) is 6.49. The fourth-order valence-corrected chi connectivity index (χ4v) is 1.67. The maximum absolute atomic E-state index is 12.8. The summed E-state index contributed by atoms with van der Waals surface area (Å²) in [5, 5.41) is 11.2.